The number of amides is 1. The highest BCUT2D eigenvalue weighted by Crippen LogP contribution is 2.28. The first-order chi connectivity index (χ1) is 14.7. The molecule has 0 aliphatic rings. The molecule has 0 bridgehead atoms. The molecule has 0 fully saturated rings. The Balaban J connectivity index is 1.70. The van der Waals surface area contributed by atoms with Gasteiger partial charge in [-0.3, -0.25) is 24.7 Å². The fraction of sp³-hybridized carbons (Fsp3) is 0.136. The number of hydrogen-bond donors (Lipinski definition) is 1. The van der Waals surface area contributed by atoms with Crippen LogP contribution in [0, 0.1) is 0 Å². The van der Waals surface area contributed by atoms with Gasteiger partial charge in [0.15, 0.2) is 0 Å². The Labute approximate surface area is 173 Å². The van der Waals surface area contributed by atoms with E-state index >= 15 is 0 Å². The van der Waals surface area contributed by atoms with E-state index in [9.17, 15) is 4.79 Å². The molecule has 0 aliphatic carbocycles. The number of aromatic nitrogens is 6. The predicted molar refractivity (Wildman–Crippen MR) is 111 cm³/mol. The van der Waals surface area contributed by atoms with Crippen molar-refractivity contribution in [1.29, 1.82) is 0 Å². The van der Waals surface area contributed by atoms with Crippen molar-refractivity contribution in [2.75, 3.05) is 0 Å². The van der Waals surface area contributed by atoms with Crippen molar-refractivity contribution in [3.05, 3.63) is 84.5 Å². The van der Waals surface area contributed by atoms with Crippen LogP contribution in [0.15, 0.2) is 67.6 Å². The number of carbonyl (C=O) groups is 1. The summed E-state index contributed by atoms with van der Waals surface area (Å²) < 4.78 is 0. The highest BCUT2D eigenvalue weighted by atomic mass is 16.1. The van der Waals surface area contributed by atoms with Crippen LogP contribution in [0.4, 0.5) is 0 Å². The lowest BCUT2D eigenvalue weighted by atomic mass is 9.92. The number of aryl methyl sites for hydroxylation is 1. The molecule has 30 heavy (non-hydrogen) atoms. The third kappa shape index (κ3) is 3.88. The van der Waals surface area contributed by atoms with Crippen LogP contribution in [0.3, 0.4) is 0 Å². The van der Waals surface area contributed by atoms with Gasteiger partial charge in [0.1, 0.15) is 5.92 Å². The largest absolute Gasteiger partial charge is 0.369 e. The van der Waals surface area contributed by atoms with E-state index < -0.39 is 11.8 Å². The van der Waals surface area contributed by atoms with E-state index in [0.717, 1.165) is 28.8 Å². The summed E-state index contributed by atoms with van der Waals surface area (Å²) in [5, 5.41) is 7.73. The van der Waals surface area contributed by atoms with Gasteiger partial charge < -0.3 is 5.73 Å². The highest BCUT2D eigenvalue weighted by Gasteiger charge is 2.23. The van der Waals surface area contributed by atoms with Gasteiger partial charge >= 0.3 is 0 Å². The van der Waals surface area contributed by atoms with Gasteiger partial charge in [0.25, 0.3) is 0 Å². The highest BCUT2D eigenvalue weighted by molar-refractivity contribution is 5.85. The van der Waals surface area contributed by atoms with Crippen LogP contribution >= 0.6 is 0 Å². The first-order valence-corrected chi connectivity index (χ1v) is 9.45. The van der Waals surface area contributed by atoms with Gasteiger partial charge in [0.05, 0.1) is 35.7 Å². The molecule has 4 aromatic heterocycles. The molecular formula is C22H19N7O. The van der Waals surface area contributed by atoms with Gasteiger partial charge in [-0.2, -0.15) is 10.2 Å². The lowest BCUT2D eigenvalue weighted by Gasteiger charge is -2.16. The third-order valence-electron chi connectivity index (χ3n) is 4.79. The van der Waals surface area contributed by atoms with Gasteiger partial charge in [-0.15, -0.1) is 0 Å². The molecule has 0 radical (unpaired) electrons. The second kappa shape index (κ2) is 8.52. The van der Waals surface area contributed by atoms with Crippen LogP contribution in [-0.4, -0.2) is 36.0 Å². The molecule has 0 saturated carbocycles. The minimum atomic E-state index is -0.705. The smallest absolute Gasteiger partial charge is 0.231 e. The monoisotopic (exact) mass is 397 g/mol. The second-order valence-electron chi connectivity index (χ2n) is 6.66. The van der Waals surface area contributed by atoms with Crippen molar-refractivity contribution in [1.82, 2.24) is 30.1 Å². The Morgan fingerprint density at radius 1 is 0.933 bits per heavy atom. The Kier molecular flexibility index (Phi) is 5.47. The van der Waals surface area contributed by atoms with Crippen LogP contribution < -0.4 is 5.73 Å². The molecular weight excluding hydrogens is 378 g/mol. The van der Waals surface area contributed by atoms with Crippen LogP contribution in [0.1, 0.15) is 29.7 Å². The molecule has 4 rings (SSSR count). The van der Waals surface area contributed by atoms with E-state index in [1.54, 1.807) is 49.4 Å². The standard InChI is InChI=1S/C22H19N7O/c1-2-14-9-17(11-27-21(14)16-5-6-28-29-12-16)20(22(23)30)18-4-3-15(10-26-18)19-13-24-7-8-25-19/h3-13,20H,2H2,1H3,(H2,23,30). The van der Waals surface area contributed by atoms with E-state index in [4.69, 9.17) is 5.73 Å². The Bertz CT molecular complexity index is 1150. The lowest BCUT2D eigenvalue weighted by Crippen LogP contribution is -2.23. The first kappa shape index (κ1) is 19.3. The first-order valence-electron chi connectivity index (χ1n) is 9.45. The van der Waals surface area contributed by atoms with Gasteiger partial charge in [-0.25, -0.2) is 0 Å². The van der Waals surface area contributed by atoms with Crippen molar-refractivity contribution < 1.29 is 4.79 Å². The van der Waals surface area contributed by atoms with Crippen LogP contribution in [0.5, 0.6) is 0 Å². The fourth-order valence-electron chi connectivity index (χ4n) is 3.30. The number of carbonyl (C=O) groups excluding carboxylic acids is 1. The Morgan fingerprint density at radius 2 is 1.83 bits per heavy atom. The van der Waals surface area contributed by atoms with Gasteiger partial charge in [0, 0.05) is 35.9 Å². The number of pyridine rings is 2. The molecule has 2 N–H and O–H groups in total. The minimum Gasteiger partial charge on any atom is -0.369 e. The van der Waals surface area contributed by atoms with Crippen molar-refractivity contribution >= 4 is 5.91 Å². The van der Waals surface area contributed by atoms with Crippen LogP contribution in [0.2, 0.25) is 0 Å². The van der Waals surface area contributed by atoms with E-state index in [2.05, 4.69) is 30.1 Å². The minimum absolute atomic E-state index is 0.489. The number of hydrogen-bond acceptors (Lipinski definition) is 7. The zero-order valence-corrected chi connectivity index (χ0v) is 16.3. The second-order valence-corrected chi connectivity index (χ2v) is 6.66. The van der Waals surface area contributed by atoms with Gasteiger partial charge in [-0.05, 0) is 35.7 Å². The maximum absolute atomic E-state index is 12.3. The zero-order chi connectivity index (χ0) is 20.9. The van der Waals surface area contributed by atoms with E-state index in [1.807, 2.05) is 25.1 Å². The maximum atomic E-state index is 12.3. The van der Waals surface area contributed by atoms with Crippen molar-refractivity contribution in [2.45, 2.75) is 19.3 Å². The molecule has 0 saturated heterocycles. The fourth-order valence-corrected chi connectivity index (χ4v) is 3.30. The molecule has 1 atom stereocenters. The number of rotatable bonds is 6. The molecule has 148 valence electrons. The molecule has 1 unspecified atom stereocenters. The van der Waals surface area contributed by atoms with Crippen molar-refractivity contribution in [3.8, 4) is 22.5 Å². The number of nitrogens with zero attached hydrogens (tertiary/aromatic N) is 6. The Morgan fingerprint density at radius 3 is 2.47 bits per heavy atom. The van der Waals surface area contributed by atoms with E-state index in [-0.39, 0.29) is 0 Å². The summed E-state index contributed by atoms with van der Waals surface area (Å²) in [6.45, 7) is 2.03. The quantitative estimate of drug-likeness (QED) is 0.531. The molecule has 8 nitrogen and oxygen atoms in total. The average molecular weight is 397 g/mol. The summed E-state index contributed by atoms with van der Waals surface area (Å²) in [6, 6.07) is 7.45. The molecule has 8 heteroatoms. The van der Waals surface area contributed by atoms with E-state index in [0.29, 0.717) is 17.0 Å². The topological polar surface area (TPSA) is 120 Å². The van der Waals surface area contributed by atoms with E-state index in [1.165, 1.54) is 0 Å². The molecule has 0 spiro atoms. The van der Waals surface area contributed by atoms with Crippen molar-refractivity contribution in [3.63, 3.8) is 0 Å². The van der Waals surface area contributed by atoms with Crippen molar-refractivity contribution in [2.24, 2.45) is 5.73 Å². The van der Waals surface area contributed by atoms with Crippen LogP contribution in [-0.2, 0) is 11.2 Å². The molecule has 0 aromatic carbocycles. The summed E-state index contributed by atoms with van der Waals surface area (Å²) in [6.07, 6.45) is 12.3. The average Bonchev–Trinajstić information content (AvgIpc) is 2.80. The zero-order valence-electron chi connectivity index (χ0n) is 16.3. The summed E-state index contributed by atoms with van der Waals surface area (Å²) in [4.78, 5) is 29.7. The van der Waals surface area contributed by atoms with Gasteiger partial charge in [0.2, 0.25) is 5.91 Å². The SMILES string of the molecule is CCc1cc(C(C(N)=O)c2ccc(-c3cnccn3)cn2)cnc1-c1ccnnc1. The lowest BCUT2D eigenvalue weighted by molar-refractivity contribution is -0.118. The number of primary amides is 1. The summed E-state index contributed by atoms with van der Waals surface area (Å²) >= 11 is 0. The molecule has 4 heterocycles. The van der Waals surface area contributed by atoms with Crippen LogP contribution in [0.25, 0.3) is 22.5 Å². The molecule has 1 amide bonds. The maximum Gasteiger partial charge on any atom is 0.231 e. The van der Waals surface area contributed by atoms with Gasteiger partial charge in [-0.1, -0.05) is 13.0 Å². The molecule has 4 aromatic rings. The predicted octanol–water partition coefficient (Wildman–Crippen LogP) is 2.57. The third-order valence-corrected chi connectivity index (χ3v) is 4.79. The Hall–Kier alpha value is -4.07. The summed E-state index contributed by atoms with van der Waals surface area (Å²) in [5.41, 5.74) is 11.2. The number of nitrogens with two attached hydrogens (primary N) is 1. The normalized spacial score (nSPS) is 11.8. The summed E-state index contributed by atoms with van der Waals surface area (Å²) in [5.74, 6) is -1.19. The summed E-state index contributed by atoms with van der Waals surface area (Å²) in [7, 11) is 0. The molecule has 0 aliphatic heterocycles.